The Morgan fingerprint density at radius 1 is 1.03 bits per heavy atom. The number of phenolic OH excluding ortho intramolecular Hbond substituents is 1. The fourth-order valence-corrected chi connectivity index (χ4v) is 4.12. The van der Waals surface area contributed by atoms with Crippen molar-refractivity contribution in [3.05, 3.63) is 77.4 Å². The Kier molecular flexibility index (Phi) is 15.3. The minimum atomic E-state index is -0.304. The third kappa shape index (κ3) is 13.9. The summed E-state index contributed by atoms with van der Waals surface area (Å²) in [4.78, 5) is 22.8. The number of carbonyl (C=O) groups excluding carboxylic acids is 2. The second kappa shape index (κ2) is 17.6. The number of esters is 2. The monoisotopic (exact) mass is 516 g/mol. The molecule has 3 unspecified atom stereocenters. The molecule has 1 rings (SSSR count). The van der Waals surface area contributed by atoms with E-state index in [0.717, 1.165) is 36.8 Å². The standard InChI is InChI=1S/C30H41ClO5/c1-6-10-30(36-25(5)33)23(3)19-22(2)13-14-27(21-31)11-8-7-9-12-29(35-24(4)32)20-26-15-17-28(34)18-16-26/h6-7,9,15-19,21-22,29-30,34H,1,8,10-14,20H2,2-5H3/b9-7-,23-19+,27-21-. The van der Waals surface area contributed by atoms with Crippen LogP contribution in [0.3, 0.4) is 0 Å². The van der Waals surface area contributed by atoms with E-state index in [1.807, 2.05) is 25.1 Å². The molecule has 1 aromatic carbocycles. The zero-order chi connectivity index (χ0) is 26.9. The van der Waals surface area contributed by atoms with Crippen molar-refractivity contribution >= 4 is 23.5 Å². The number of allylic oxidation sites excluding steroid dienone is 3. The molecule has 198 valence electrons. The normalized spacial score (nSPS) is 14.8. The Balaban J connectivity index is 2.52. The molecule has 0 bridgehead atoms. The van der Waals surface area contributed by atoms with Gasteiger partial charge in [0.05, 0.1) is 0 Å². The Hall–Kier alpha value is -2.79. The number of phenols is 1. The van der Waals surface area contributed by atoms with Crippen LogP contribution in [-0.2, 0) is 25.5 Å². The number of hydrogen-bond donors (Lipinski definition) is 1. The van der Waals surface area contributed by atoms with Crippen LogP contribution in [0.25, 0.3) is 0 Å². The van der Waals surface area contributed by atoms with Crippen LogP contribution in [0.4, 0.5) is 0 Å². The summed E-state index contributed by atoms with van der Waals surface area (Å²) in [5.41, 5.74) is 4.89. The van der Waals surface area contributed by atoms with Gasteiger partial charge in [-0.3, -0.25) is 9.59 Å². The maximum atomic E-state index is 11.5. The van der Waals surface area contributed by atoms with E-state index >= 15 is 0 Å². The molecule has 1 aromatic rings. The topological polar surface area (TPSA) is 72.8 Å². The number of rotatable bonds is 16. The molecule has 0 saturated heterocycles. The highest BCUT2D eigenvalue weighted by molar-refractivity contribution is 6.25. The zero-order valence-electron chi connectivity index (χ0n) is 22.0. The average molecular weight is 517 g/mol. The third-order valence-electron chi connectivity index (χ3n) is 5.75. The number of carbonyl (C=O) groups is 2. The summed E-state index contributed by atoms with van der Waals surface area (Å²) in [5.74, 6) is -0.0616. The minimum Gasteiger partial charge on any atom is -0.508 e. The Labute approximate surface area is 221 Å². The number of aromatic hydroxyl groups is 1. The van der Waals surface area contributed by atoms with E-state index in [4.69, 9.17) is 21.1 Å². The van der Waals surface area contributed by atoms with Gasteiger partial charge >= 0.3 is 11.9 Å². The van der Waals surface area contributed by atoms with E-state index in [0.29, 0.717) is 25.2 Å². The predicted octanol–water partition coefficient (Wildman–Crippen LogP) is 7.59. The molecule has 6 heteroatoms. The second-order valence-electron chi connectivity index (χ2n) is 9.16. The van der Waals surface area contributed by atoms with Crippen LogP contribution in [0.5, 0.6) is 5.75 Å². The number of halogens is 1. The first-order valence-electron chi connectivity index (χ1n) is 12.5. The lowest BCUT2D eigenvalue weighted by molar-refractivity contribution is -0.146. The molecule has 0 heterocycles. The maximum Gasteiger partial charge on any atom is 0.303 e. The molecule has 0 aliphatic rings. The van der Waals surface area contributed by atoms with Crippen molar-refractivity contribution in [3.8, 4) is 5.75 Å². The fraction of sp³-hybridized carbons (Fsp3) is 0.467. The first kappa shape index (κ1) is 31.2. The van der Waals surface area contributed by atoms with Gasteiger partial charge in [0, 0.05) is 38.6 Å². The molecule has 1 N–H and O–H groups in total. The van der Waals surface area contributed by atoms with Gasteiger partial charge in [0.15, 0.2) is 0 Å². The molecule has 5 nitrogen and oxygen atoms in total. The van der Waals surface area contributed by atoms with Gasteiger partial charge in [-0.15, -0.1) is 6.58 Å². The van der Waals surface area contributed by atoms with Crippen LogP contribution in [0.2, 0.25) is 0 Å². The number of hydrogen-bond acceptors (Lipinski definition) is 5. The van der Waals surface area contributed by atoms with Crippen molar-refractivity contribution < 1.29 is 24.2 Å². The molecule has 0 radical (unpaired) electrons. The summed E-state index contributed by atoms with van der Waals surface area (Å²) in [6.45, 7) is 10.7. The van der Waals surface area contributed by atoms with Gasteiger partial charge in [0.1, 0.15) is 18.0 Å². The van der Waals surface area contributed by atoms with E-state index in [1.54, 1.807) is 23.7 Å². The van der Waals surface area contributed by atoms with Crippen LogP contribution in [0, 0.1) is 5.92 Å². The average Bonchev–Trinajstić information content (AvgIpc) is 2.81. The zero-order valence-corrected chi connectivity index (χ0v) is 22.8. The highest BCUT2D eigenvalue weighted by atomic mass is 35.5. The van der Waals surface area contributed by atoms with E-state index < -0.39 is 0 Å². The minimum absolute atomic E-state index is 0.213. The van der Waals surface area contributed by atoms with E-state index in [-0.39, 0.29) is 29.9 Å². The molecule has 0 amide bonds. The van der Waals surface area contributed by atoms with Crippen molar-refractivity contribution in [2.45, 2.75) is 84.8 Å². The molecule has 3 atom stereocenters. The fourth-order valence-electron chi connectivity index (χ4n) is 3.90. The van der Waals surface area contributed by atoms with E-state index in [2.05, 4.69) is 25.7 Å². The highest BCUT2D eigenvalue weighted by Crippen LogP contribution is 2.22. The van der Waals surface area contributed by atoms with Crippen molar-refractivity contribution in [2.24, 2.45) is 5.92 Å². The molecule has 0 saturated carbocycles. The predicted molar refractivity (Wildman–Crippen MR) is 147 cm³/mol. The van der Waals surface area contributed by atoms with Crippen LogP contribution in [0.15, 0.2) is 71.8 Å². The lowest BCUT2D eigenvalue weighted by Gasteiger charge is -2.18. The largest absolute Gasteiger partial charge is 0.508 e. The van der Waals surface area contributed by atoms with Crippen molar-refractivity contribution in [1.82, 2.24) is 0 Å². The third-order valence-corrected chi connectivity index (χ3v) is 6.06. The van der Waals surface area contributed by atoms with Gasteiger partial charge in [0.2, 0.25) is 0 Å². The lowest BCUT2D eigenvalue weighted by atomic mass is 9.95. The second-order valence-corrected chi connectivity index (χ2v) is 9.38. The highest BCUT2D eigenvalue weighted by Gasteiger charge is 2.14. The summed E-state index contributed by atoms with van der Waals surface area (Å²) in [6.07, 6.45) is 12.9. The number of ether oxygens (including phenoxy) is 2. The molecule has 0 aliphatic carbocycles. The maximum absolute atomic E-state index is 11.5. The van der Waals surface area contributed by atoms with Gasteiger partial charge in [-0.1, -0.05) is 60.5 Å². The van der Waals surface area contributed by atoms with Crippen LogP contribution in [0.1, 0.15) is 71.8 Å². The summed E-state index contributed by atoms with van der Waals surface area (Å²) >= 11 is 6.08. The van der Waals surface area contributed by atoms with Gasteiger partial charge in [-0.2, -0.15) is 0 Å². The molecule has 0 spiro atoms. The smallest absolute Gasteiger partial charge is 0.303 e. The molecule has 0 aromatic heterocycles. The van der Waals surface area contributed by atoms with Crippen LogP contribution >= 0.6 is 11.6 Å². The number of benzene rings is 1. The van der Waals surface area contributed by atoms with Crippen LogP contribution < -0.4 is 0 Å². The Morgan fingerprint density at radius 3 is 2.28 bits per heavy atom. The van der Waals surface area contributed by atoms with E-state index in [1.165, 1.54) is 19.4 Å². The lowest BCUT2D eigenvalue weighted by Crippen LogP contribution is -2.18. The quantitative estimate of drug-likeness (QED) is 0.181. The van der Waals surface area contributed by atoms with Crippen molar-refractivity contribution in [1.29, 1.82) is 0 Å². The molecular formula is C30H41ClO5. The SMILES string of the molecule is C=CCC(OC(C)=O)/C(C)=C/C(C)CC/C(=C\Cl)CC/C=C\CC(Cc1ccc(O)cc1)OC(C)=O. The van der Waals surface area contributed by atoms with Crippen molar-refractivity contribution in [2.75, 3.05) is 0 Å². The van der Waals surface area contributed by atoms with Crippen molar-refractivity contribution in [3.63, 3.8) is 0 Å². The van der Waals surface area contributed by atoms with Gasteiger partial charge in [-0.25, -0.2) is 0 Å². The van der Waals surface area contributed by atoms with E-state index in [9.17, 15) is 14.7 Å². The van der Waals surface area contributed by atoms with Gasteiger partial charge < -0.3 is 14.6 Å². The molecule has 36 heavy (non-hydrogen) atoms. The molecule has 0 fully saturated rings. The van der Waals surface area contributed by atoms with Crippen LogP contribution in [-0.4, -0.2) is 29.3 Å². The summed E-state index contributed by atoms with van der Waals surface area (Å²) in [5, 5.41) is 9.45. The molecule has 0 aliphatic heterocycles. The first-order chi connectivity index (χ1) is 17.1. The van der Waals surface area contributed by atoms with Gasteiger partial charge in [0.25, 0.3) is 0 Å². The molecular weight excluding hydrogens is 476 g/mol. The first-order valence-corrected chi connectivity index (χ1v) is 12.9. The Bertz CT molecular complexity index is 914. The summed E-state index contributed by atoms with van der Waals surface area (Å²) in [7, 11) is 0. The van der Waals surface area contributed by atoms with Gasteiger partial charge in [-0.05, 0) is 61.8 Å². The summed E-state index contributed by atoms with van der Waals surface area (Å²) in [6, 6.07) is 6.93. The Morgan fingerprint density at radius 2 is 1.69 bits per heavy atom. The summed E-state index contributed by atoms with van der Waals surface area (Å²) < 4.78 is 10.9.